The Labute approximate surface area is 135 Å². The van der Waals surface area contributed by atoms with Gasteiger partial charge in [0.25, 0.3) is 5.91 Å². The normalized spacial score (nSPS) is 26.3. The molecule has 1 N–H and O–H groups in total. The Morgan fingerprint density at radius 2 is 1.78 bits per heavy atom. The maximum atomic E-state index is 12.1. The predicted molar refractivity (Wildman–Crippen MR) is 81.2 cm³/mol. The van der Waals surface area contributed by atoms with Crippen molar-refractivity contribution in [2.24, 2.45) is 17.8 Å². The van der Waals surface area contributed by atoms with Crippen LogP contribution < -0.4 is 5.32 Å². The fourth-order valence-corrected chi connectivity index (χ4v) is 3.31. The molecule has 2 saturated carbocycles. The highest BCUT2D eigenvalue weighted by molar-refractivity contribution is 5.88. The first-order valence-corrected chi connectivity index (χ1v) is 8.05. The standard InChI is InChI=1S/C16H24N2O5/c1-18(2)14(20)8-17-13(19)9-23-16(22)12-6-10-4-3-5-11(7-12)15(10)21/h10-12H,3-9H2,1-2H3,(H,17,19)/t10-,11+,12?. The van der Waals surface area contributed by atoms with Crippen LogP contribution in [0.25, 0.3) is 0 Å². The highest BCUT2D eigenvalue weighted by Gasteiger charge is 2.41. The van der Waals surface area contributed by atoms with Gasteiger partial charge < -0.3 is 15.0 Å². The Hall–Kier alpha value is -1.92. The molecule has 0 aromatic heterocycles. The highest BCUT2D eigenvalue weighted by Crippen LogP contribution is 2.40. The number of nitrogens with one attached hydrogen (secondary N) is 1. The Kier molecular flexibility index (Phi) is 5.74. The zero-order valence-electron chi connectivity index (χ0n) is 13.7. The van der Waals surface area contributed by atoms with Crippen LogP contribution in [0.5, 0.6) is 0 Å². The minimum atomic E-state index is -0.499. The quantitative estimate of drug-likeness (QED) is 0.726. The molecule has 3 atom stereocenters. The lowest BCUT2D eigenvalue weighted by Crippen LogP contribution is -2.41. The minimum Gasteiger partial charge on any atom is -0.455 e. The number of likely N-dealkylation sites (N-methyl/N-ethyl adjacent to an activating group) is 1. The second kappa shape index (κ2) is 7.57. The van der Waals surface area contributed by atoms with Crippen molar-refractivity contribution in [3.63, 3.8) is 0 Å². The molecule has 2 amide bonds. The number of esters is 1. The molecule has 0 spiro atoms. The smallest absolute Gasteiger partial charge is 0.309 e. The molecule has 0 saturated heterocycles. The van der Waals surface area contributed by atoms with E-state index in [1.165, 1.54) is 4.90 Å². The van der Waals surface area contributed by atoms with E-state index >= 15 is 0 Å². The van der Waals surface area contributed by atoms with Crippen LogP contribution >= 0.6 is 0 Å². The number of carbonyl (C=O) groups is 4. The summed E-state index contributed by atoms with van der Waals surface area (Å²) >= 11 is 0. The lowest BCUT2D eigenvalue weighted by Gasteiger charge is -2.36. The topological polar surface area (TPSA) is 92.8 Å². The molecule has 2 fully saturated rings. The van der Waals surface area contributed by atoms with Crippen LogP contribution in [-0.4, -0.2) is 55.7 Å². The van der Waals surface area contributed by atoms with Crippen molar-refractivity contribution < 1.29 is 23.9 Å². The highest BCUT2D eigenvalue weighted by atomic mass is 16.5. The lowest BCUT2D eigenvalue weighted by molar-refractivity contribution is -0.156. The van der Waals surface area contributed by atoms with Crippen molar-refractivity contribution in [1.29, 1.82) is 0 Å². The van der Waals surface area contributed by atoms with Crippen molar-refractivity contribution in [2.45, 2.75) is 32.1 Å². The number of amides is 2. The summed E-state index contributed by atoms with van der Waals surface area (Å²) in [5.74, 6) is -1.19. The van der Waals surface area contributed by atoms with Gasteiger partial charge in [0.05, 0.1) is 12.5 Å². The Bertz CT molecular complexity index is 487. The van der Waals surface area contributed by atoms with Crippen LogP contribution in [0.15, 0.2) is 0 Å². The monoisotopic (exact) mass is 324 g/mol. The number of fused-ring (bicyclic) bond motifs is 2. The van der Waals surface area contributed by atoms with Gasteiger partial charge in [0.2, 0.25) is 5.91 Å². The first kappa shape index (κ1) is 17.4. The minimum absolute atomic E-state index is 0.0217. The number of ether oxygens (including phenoxy) is 1. The van der Waals surface area contributed by atoms with E-state index < -0.39 is 11.9 Å². The molecule has 2 rings (SSSR count). The molecule has 2 aliphatic carbocycles. The van der Waals surface area contributed by atoms with E-state index in [1.54, 1.807) is 14.1 Å². The van der Waals surface area contributed by atoms with E-state index in [0.717, 1.165) is 19.3 Å². The molecule has 1 unspecified atom stereocenters. The number of rotatable bonds is 5. The summed E-state index contributed by atoms with van der Waals surface area (Å²) < 4.78 is 5.05. The fraction of sp³-hybridized carbons (Fsp3) is 0.750. The second-order valence-electron chi connectivity index (χ2n) is 6.57. The van der Waals surface area contributed by atoms with Gasteiger partial charge in [-0.15, -0.1) is 0 Å². The largest absolute Gasteiger partial charge is 0.455 e. The summed E-state index contributed by atoms with van der Waals surface area (Å²) in [7, 11) is 3.19. The van der Waals surface area contributed by atoms with E-state index in [9.17, 15) is 19.2 Å². The number of nitrogens with zero attached hydrogens (tertiary/aromatic N) is 1. The third kappa shape index (κ3) is 4.53. The first-order chi connectivity index (χ1) is 10.9. The Morgan fingerprint density at radius 1 is 1.17 bits per heavy atom. The average molecular weight is 324 g/mol. The first-order valence-electron chi connectivity index (χ1n) is 8.05. The van der Waals surface area contributed by atoms with Gasteiger partial charge in [0, 0.05) is 25.9 Å². The van der Waals surface area contributed by atoms with Crippen LogP contribution in [-0.2, 0) is 23.9 Å². The molecule has 0 radical (unpaired) electrons. The van der Waals surface area contributed by atoms with E-state index in [0.29, 0.717) is 18.6 Å². The van der Waals surface area contributed by atoms with Crippen LogP contribution in [0, 0.1) is 17.8 Å². The van der Waals surface area contributed by atoms with Crippen molar-refractivity contribution >= 4 is 23.6 Å². The average Bonchev–Trinajstić information content (AvgIpc) is 2.49. The molecular weight excluding hydrogens is 300 g/mol. The molecule has 23 heavy (non-hydrogen) atoms. The molecule has 2 bridgehead atoms. The number of ketones is 1. The number of Topliss-reactive ketones (excluding diaryl/α,β-unsaturated/α-hetero) is 1. The van der Waals surface area contributed by atoms with E-state index in [1.807, 2.05) is 0 Å². The summed E-state index contributed by atoms with van der Waals surface area (Å²) in [6.07, 6.45) is 3.83. The third-order valence-electron chi connectivity index (χ3n) is 4.66. The molecule has 128 valence electrons. The van der Waals surface area contributed by atoms with E-state index in [-0.39, 0.29) is 36.8 Å². The van der Waals surface area contributed by atoms with Crippen molar-refractivity contribution in [3.05, 3.63) is 0 Å². The van der Waals surface area contributed by atoms with Gasteiger partial charge in [-0.25, -0.2) is 0 Å². The molecule has 0 heterocycles. The molecule has 0 aliphatic heterocycles. The van der Waals surface area contributed by atoms with Crippen LogP contribution in [0.1, 0.15) is 32.1 Å². The SMILES string of the molecule is CN(C)C(=O)CNC(=O)COC(=O)C1C[C@H]2CCC[C@@H](C1)C2=O. The maximum Gasteiger partial charge on any atom is 0.309 e. The summed E-state index contributed by atoms with van der Waals surface area (Å²) in [6, 6.07) is 0. The number of carbonyl (C=O) groups excluding carboxylic acids is 4. The summed E-state index contributed by atoms with van der Waals surface area (Å²) in [4.78, 5) is 48.4. The maximum absolute atomic E-state index is 12.1. The summed E-state index contributed by atoms with van der Waals surface area (Å²) in [5, 5.41) is 2.41. The van der Waals surface area contributed by atoms with Crippen LogP contribution in [0.2, 0.25) is 0 Å². The fourth-order valence-electron chi connectivity index (χ4n) is 3.31. The van der Waals surface area contributed by atoms with Gasteiger partial charge in [-0.3, -0.25) is 19.2 Å². The van der Waals surface area contributed by atoms with E-state index in [4.69, 9.17) is 4.74 Å². The van der Waals surface area contributed by atoms with Crippen molar-refractivity contribution in [3.8, 4) is 0 Å². The van der Waals surface area contributed by atoms with Gasteiger partial charge in [-0.2, -0.15) is 0 Å². The molecule has 2 aliphatic rings. The summed E-state index contributed by atoms with van der Waals surface area (Å²) in [5.41, 5.74) is 0. The molecule has 7 heteroatoms. The molecule has 0 aromatic rings. The predicted octanol–water partition coefficient (Wildman–Crippen LogP) is 0.129. The van der Waals surface area contributed by atoms with Gasteiger partial charge in [0.1, 0.15) is 5.78 Å². The number of hydrogen-bond acceptors (Lipinski definition) is 5. The van der Waals surface area contributed by atoms with Crippen LogP contribution in [0.4, 0.5) is 0 Å². The number of hydrogen-bond donors (Lipinski definition) is 1. The molecule has 7 nitrogen and oxygen atoms in total. The third-order valence-corrected chi connectivity index (χ3v) is 4.66. The van der Waals surface area contributed by atoms with Gasteiger partial charge in [0.15, 0.2) is 6.61 Å². The zero-order chi connectivity index (χ0) is 17.0. The molecule has 0 aromatic carbocycles. The van der Waals surface area contributed by atoms with Gasteiger partial charge in [-0.05, 0) is 25.7 Å². The van der Waals surface area contributed by atoms with Crippen LogP contribution in [0.3, 0.4) is 0 Å². The second-order valence-corrected chi connectivity index (χ2v) is 6.57. The van der Waals surface area contributed by atoms with Crippen molar-refractivity contribution in [2.75, 3.05) is 27.2 Å². The van der Waals surface area contributed by atoms with Gasteiger partial charge in [-0.1, -0.05) is 6.42 Å². The van der Waals surface area contributed by atoms with Gasteiger partial charge >= 0.3 is 5.97 Å². The summed E-state index contributed by atoms with van der Waals surface area (Å²) in [6.45, 7) is -0.509. The van der Waals surface area contributed by atoms with E-state index in [2.05, 4.69) is 5.32 Å². The zero-order valence-corrected chi connectivity index (χ0v) is 13.7. The Morgan fingerprint density at radius 3 is 2.35 bits per heavy atom. The Balaban J connectivity index is 1.73. The molecular formula is C16H24N2O5. The van der Waals surface area contributed by atoms with Crippen molar-refractivity contribution in [1.82, 2.24) is 10.2 Å². The lowest BCUT2D eigenvalue weighted by atomic mass is 9.67.